The van der Waals surface area contributed by atoms with E-state index in [0.717, 1.165) is 6.07 Å². The van der Waals surface area contributed by atoms with Crippen molar-refractivity contribution in [3.63, 3.8) is 0 Å². The van der Waals surface area contributed by atoms with E-state index in [0.29, 0.717) is 19.4 Å². The van der Waals surface area contributed by atoms with Crippen molar-refractivity contribution in [2.75, 3.05) is 18.0 Å². The molecular formula is C12H16N4O5S. The number of sulfonamides is 1. The Hall–Kier alpha value is -2.20. The Kier molecular flexibility index (Phi) is 4.33. The molecule has 120 valence electrons. The van der Waals surface area contributed by atoms with Gasteiger partial charge in [0, 0.05) is 25.2 Å². The van der Waals surface area contributed by atoms with Crippen molar-refractivity contribution in [3.05, 3.63) is 28.3 Å². The van der Waals surface area contributed by atoms with Gasteiger partial charge in [0.15, 0.2) is 0 Å². The number of nitrogens with zero attached hydrogens (tertiary/aromatic N) is 2. The number of rotatable bonds is 4. The second kappa shape index (κ2) is 5.89. The van der Waals surface area contributed by atoms with Gasteiger partial charge in [-0.05, 0) is 18.9 Å². The summed E-state index contributed by atoms with van der Waals surface area (Å²) >= 11 is 0. The number of benzene rings is 1. The van der Waals surface area contributed by atoms with Gasteiger partial charge in [0.1, 0.15) is 4.90 Å². The zero-order valence-electron chi connectivity index (χ0n) is 11.6. The molecule has 1 atom stereocenters. The van der Waals surface area contributed by atoms with Gasteiger partial charge in [0.25, 0.3) is 5.69 Å². The summed E-state index contributed by atoms with van der Waals surface area (Å²) in [6.07, 6.45) is 1.29. The predicted octanol–water partition coefficient (Wildman–Crippen LogP) is -0.0561. The van der Waals surface area contributed by atoms with E-state index < -0.39 is 26.8 Å². The number of nitrogens with two attached hydrogens (primary N) is 2. The number of hydrogen-bond donors (Lipinski definition) is 2. The number of non-ortho nitro benzene ring substituents is 1. The minimum absolute atomic E-state index is 0.249. The van der Waals surface area contributed by atoms with Gasteiger partial charge in [-0.15, -0.1) is 0 Å². The van der Waals surface area contributed by atoms with E-state index in [-0.39, 0.29) is 22.8 Å². The van der Waals surface area contributed by atoms with Crippen molar-refractivity contribution in [1.82, 2.24) is 0 Å². The number of piperidine rings is 1. The number of nitro benzene ring substituents is 1. The fourth-order valence-electron chi connectivity index (χ4n) is 2.53. The van der Waals surface area contributed by atoms with Crippen molar-refractivity contribution < 1.29 is 18.1 Å². The normalized spacial score (nSPS) is 19.0. The Morgan fingerprint density at radius 3 is 2.64 bits per heavy atom. The van der Waals surface area contributed by atoms with Gasteiger partial charge in [-0.1, -0.05) is 0 Å². The highest BCUT2D eigenvalue weighted by molar-refractivity contribution is 7.89. The molecule has 0 saturated carbocycles. The van der Waals surface area contributed by atoms with Crippen LogP contribution < -0.4 is 15.8 Å². The molecule has 1 amide bonds. The van der Waals surface area contributed by atoms with Crippen LogP contribution in [0.5, 0.6) is 0 Å². The fraction of sp³-hybridized carbons (Fsp3) is 0.417. The molecule has 0 unspecified atom stereocenters. The second-order valence-electron chi connectivity index (χ2n) is 5.14. The molecule has 0 aliphatic carbocycles. The number of nitro groups is 1. The molecule has 1 aliphatic heterocycles. The molecule has 1 aliphatic rings. The van der Waals surface area contributed by atoms with Crippen LogP contribution in [0.2, 0.25) is 0 Å². The summed E-state index contributed by atoms with van der Waals surface area (Å²) in [7, 11) is -4.14. The monoisotopic (exact) mass is 328 g/mol. The van der Waals surface area contributed by atoms with Crippen molar-refractivity contribution in [1.29, 1.82) is 0 Å². The van der Waals surface area contributed by atoms with Gasteiger partial charge >= 0.3 is 0 Å². The SMILES string of the molecule is NC(=O)[C@H]1CCCN(c2ccc([N+](=O)[O-])cc2S(N)(=O)=O)C1. The average Bonchev–Trinajstić information content (AvgIpc) is 2.45. The summed E-state index contributed by atoms with van der Waals surface area (Å²) in [5.74, 6) is -0.846. The predicted molar refractivity (Wildman–Crippen MR) is 78.6 cm³/mol. The number of carbonyl (C=O) groups is 1. The molecule has 1 heterocycles. The molecule has 1 aromatic rings. The van der Waals surface area contributed by atoms with Gasteiger partial charge < -0.3 is 10.6 Å². The van der Waals surface area contributed by atoms with E-state index in [9.17, 15) is 23.3 Å². The standard InChI is InChI=1S/C12H16N4O5S/c13-12(17)8-2-1-5-15(7-8)10-4-3-9(16(18)19)6-11(10)22(14,20)21/h3-4,6,8H,1-2,5,7H2,(H2,13,17)(H2,14,20,21)/t8-/m0/s1. The lowest BCUT2D eigenvalue weighted by Gasteiger charge is -2.33. The largest absolute Gasteiger partial charge is 0.370 e. The molecule has 0 radical (unpaired) electrons. The van der Waals surface area contributed by atoms with Crippen LogP contribution in [0, 0.1) is 16.0 Å². The third kappa shape index (κ3) is 3.34. The number of hydrogen-bond acceptors (Lipinski definition) is 6. The second-order valence-corrected chi connectivity index (χ2v) is 6.67. The van der Waals surface area contributed by atoms with Gasteiger partial charge in [0.05, 0.1) is 16.5 Å². The van der Waals surface area contributed by atoms with Crippen LogP contribution in [0.3, 0.4) is 0 Å². The maximum absolute atomic E-state index is 11.7. The summed E-state index contributed by atoms with van der Waals surface area (Å²) < 4.78 is 23.4. The third-order valence-corrected chi connectivity index (χ3v) is 4.57. The van der Waals surface area contributed by atoms with Crippen LogP contribution in [-0.4, -0.2) is 32.3 Å². The first kappa shape index (κ1) is 16.2. The highest BCUT2D eigenvalue weighted by Gasteiger charge is 2.28. The van der Waals surface area contributed by atoms with Crippen LogP contribution >= 0.6 is 0 Å². The number of primary amides is 1. The Labute approximate surface area is 127 Å². The van der Waals surface area contributed by atoms with Crippen LogP contribution in [0.1, 0.15) is 12.8 Å². The van der Waals surface area contributed by atoms with Crippen molar-refractivity contribution in [3.8, 4) is 0 Å². The molecule has 0 bridgehead atoms. The molecule has 10 heteroatoms. The summed E-state index contributed by atoms with van der Waals surface area (Å²) in [5, 5.41) is 16.0. The first-order valence-electron chi connectivity index (χ1n) is 6.55. The molecular weight excluding hydrogens is 312 g/mol. The van der Waals surface area contributed by atoms with Crippen molar-refractivity contribution >= 4 is 27.3 Å². The highest BCUT2D eigenvalue weighted by atomic mass is 32.2. The zero-order chi connectivity index (χ0) is 16.5. The zero-order valence-corrected chi connectivity index (χ0v) is 12.5. The summed E-state index contributed by atoms with van der Waals surface area (Å²) in [5.41, 5.74) is 5.18. The topological polar surface area (TPSA) is 150 Å². The lowest BCUT2D eigenvalue weighted by molar-refractivity contribution is -0.385. The van der Waals surface area contributed by atoms with Gasteiger partial charge in [0.2, 0.25) is 15.9 Å². The Bertz CT molecular complexity index is 718. The number of primary sulfonamides is 1. The molecule has 0 spiro atoms. The van der Waals surface area contributed by atoms with Crippen molar-refractivity contribution in [2.24, 2.45) is 16.8 Å². The van der Waals surface area contributed by atoms with Crippen molar-refractivity contribution in [2.45, 2.75) is 17.7 Å². The maximum Gasteiger partial charge on any atom is 0.270 e. The van der Waals surface area contributed by atoms with E-state index in [1.165, 1.54) is 12.1 Å². The Morgan fingerprint density at radius 1 is 1.41 bits per heavy atom. The molecule has 1 saturated heterocycles. The van der Waals surface area contributed by atoms with Crippen LogP contribution in [0.15, 0.2) is 23.1 Å². The highest BCUT2D eigenvalue weighted by Crippen LogP contribution is 2.31. The average molecular weight is 328 g/mol. The Balaban J connectivity index is 2.46. The Morgan fingerprint density at radius 2 is 2.09 bits per heavy atom. The molecule has 4 N–H and O–H groups in total. The molecule has 1 aromatic carbocycles. The quantitative estimate of drug-likeness (QED) is 0.584. The molecule has 2 rings (SSSR count). The smallest absolute Gasteiger partial charge is 0.270 e. The summed E-state index contributed by atoms with van der Waals surface area (Å²) in [6.45, 7) is 0.778. The number of anilines is 1. The molecule has 1 fully saturated rings. The number of carbonyl (C=O) groups excluding carboxylic acids is 1. The minimum Gasteiger partial charge on any atom is -0.370 e. The maximum atomic E-state index is 11.7. The molecule has 0 aromatic heterocycles. The van der Waals surface area contributed by atoms with E-state index >= 15 is 0 Å². The van der Waals surface area contributed by atoms with E-state index in [1.54, 1.807) is 4.90 Å². The molecule has 22 heavy (non-hydrogen) atoms. The summed E-state index contributed by atoms with van der Waals surface area (Å²) in [6, 6.07) is 3.47. The number of amides is 1. The van der Waals surface area contributed by atoms with E-state index in [2.05, 4.69) is 0 Å². The lowest BCUT2D eigenvalue weighted by atomic mass is 9.97. The van der Waals surface area contributed by atoms with Gasteiger partial charge in [-0.3, -0.25) is 14.9 Å². The van der Waals surface area contributed by atoms with Crippen LogP contribution in [0.25, 0.3) is 0 Å². The first-order valence-corrected chi connectivity index (χ1v) is 8.10. The molecule has 9 nitrogen and oxygen atoms in total. The minimum atomic E-state index is -4.14. The van der Waals surface area contributed by atoms with Crippen LogP contribution in [-0.2, 0) is 14.8 Å². The third-order valence-electron chi connectivity index (χ3n) is 3.63. The first-order chi connectivity index (χ1) is 10.2. The van der Waals surface area contributed by atoms with E-state index in [1.807, 2.05) is 0 Å². The van der Waals surface area contributed by atoms with Crippen LogP contribution in [0.4, 0.5) is 11.4 Å². The lowest BCUT2D eigenvalue weighted by Crippen LogP contribution is -2.41. The van der Waals surface area contributed by atoms with E-state index in [4.69, 9.17) is 10.9 Å². The fourth-order valence-corrected chi connectivity index (χ4v) is 3.31. The summed E-state index contributed by atoms with van der Waals surface area (Å²) in [4.78, 5) is 22.8. The van der Waals surface area contributed by atoms with Gasteiger partial charge in [-0.2, -0.15) is 0 Å². The van der Waals surface area contributed by atoms with Gasteiger partial charge in [-0.25, -0.2) is 13.6 Å².